The molecular weight excluding hydrogens is 526 g/mol. The van der Waals surface area contributed by atoms with Crippen LogP contribution < -0.4 is 5.32 Å². The van der Waals surface area contributed by atoms with Gasteiger partial charge in [-0.2, -0.15) is 4.63 Å². The first kappa shape index (κ1) is 31.7. The predicted octanol–water partition coefficient (Wildman–Crippen LogP) is 8.17. The number of anilines is 1. The molecule has 2 N–H and O–H groups in total. The molecule has 0 bridgehead atoms. The molecule has 0 saturated carbocycles. The lowest BCUT2D eigenvalue weighted by molar-refractivity contribution is -0.144. The van der Waals surface area contributed by atoms with Crippen molar-refractivity contribution < 1.29 is 14.3 Å². The Morgan fingerprint density at radius 1 is 1.00 bits per heavy atom. The van der Waals surface area contributed by atoms with E-state index in [4.69, 9.17) is 16.3 Å². The average Bonchev–Trinajstić information content (AvgIpc) is 3.46. The maximum absolute atomic E-state index is 12.5. The molecule has 2 heterocycles. The molecule has 0 atom stereocenters. The fourth-order valence-electron chi connectivity index (χ4n) is 4.64. The lowest BCUT2D eigenvalue weighted by Crippen LogP contribution is -2.15. The Morgan fingerprint density at radius 3 is 2.27 bits per heavy atom. The van der Waals surface area contributed by atoms with Gasteiger partial charge in [0.15, 0.2) is 11.5 Å². The molecule has 8 nitrogen and oxygen atoms in total. The highest BCUT2D eigenvalue weighted by atomic mass is 35.5. The number of carbonyl (C=O) groups is 2. The number of H-pyrrole nitrogens is 1. The number of amides is 1. The minimum atomic E-state index is -0.334. The number of hydrogen-bond donors (Lipinski definition) is 2. The van der Waals surface area contributed by atoms with E-state index in [2.05, 4.69) is 48.2 Å². The van der Waals surface area contributed by atoms with E-state index in [1.165, 1.54) is 51.4 Å². The molecule has 0 aliphatic rings. The number of halogens is 1. The maximum Gasteiger partial charge on any atom is 0.306 e. The Labute approximate surface area is 243 Å². The minimum Gasteiger partial charge on any atom is -0.466 e. The van der Waals surface area contributed by atoms with Crippen molar-refractivity contribution in [2.45, 2.75) is 117 Å². The molecule has 0 saturated heterocycles. The van der Waals surface area contributed by atoms with Crippen molar-refractivity contribution in [1.29, 1.82) is 0 Å². The quantitative estimate of drug-likeness (QED) is 0.133. The van der Waals surface area contributed by atoms with Gasteiger partial charge in [-0.3, -0.25) is 14.7 Å². The topological polar surface area (TPSA) is 101 Å². The highest BCUT2D eigenvalue weighted by Crippen LogP contribution is 2.32. The van der Waals surface area contributed by atoms with Crippen LogP contribution >= 0.6 is 11.6 Å². The minimum absolute atomic E-state index is 0.0598. The van der Waals surface area contributed by atoms with Crippen LogP contribution in [0.5, 0.6) is 0 Å². The lowest BCUT2D eigenvalue weighted by Gasteiger charge is -2.16. The number of aryl methyl sites for hydroxylation is 1. The Bertz CT molecular complexity index is 1260. The summed E-state index contributed by atoms with van der Waals surface area (Å²) in [5.41, 5.74) is 3.64. The molecule has 0 aliphatic heterocycles. The average molecular weight is 572 g/mol. The summed E-state index contributed by atoms with van der Waals surface area (Å²) < 4.78 is 6.90. The normalized spacial score (nSPS) is 11.8. The first-order valence-corrected chi connectivity index (χ1v) is 15.2. The van der Waals surface area contributed by atoms with Crippen molar-refractivity contribution >= 4 is 34.8 Å². The van der Waals surface area contributed by atoms with Crippen LogP contribution in [0.3, 0.4) is 0 Å². The smallest absolute Gasteiger partial charge is 0.306 e. The number of aromatic nitrogens is 4. The Balaban J connectivity index is 1.40. The molecule has 0 aliphatic carbocycles. The van der Waals surface area contributed by atoms with Gasteiger partial charge >= 0.3 is 5.97 Å². The number of hydrogen-bond acceptors (Lipinski definition) is 5. The Morgan fingerprint density at radius 2 is 1.65 bits per heavy atom. The van der Waals surface area contributed by atoms with E-state index in [0.717, 1.165) is 29.7 Å². The number of carbonyl (C=O) groups excluding carboxylic acids is 2. The van der Waals surface area contributed by atoms with Crippen molar-refractivity contribution in [2.24, 2.45) is 0 Å². The van der Waals surface area contributed by atoms with Gasteiger partial charge in [0.05, 0.1) is 18.7 Å². The molecule has 40 heavy (non-hydrogen) atoms. The van der Waals surface area contributed by atoms with Crippen LogP contribution in [-0.2, 0) is 19.7 Å². The second-order valence-electron chi connectivity index (χ2n) is 11.7. The van der Waals surface area contributed by atoms with Crippen LogP contribution in [0.15, 0.2) is 18.2 Å². The van der Waals surface area contributed by atoms with E-state index in [-0.39, 0.29) is 30.1 Å². The largest absolute Gasteiger partial charge is 0.466 e. The van der Waals surface area contributed by atoms with Gasteiger partial charge in [-0.15, -0.1) is 5.10 Å². The fraction of sp³-hybridized carbons (Fsp3) is 0.613. The predicted molar refractivity (Wildman–Crippen MR) is 162 cm³/mol. The fourth-order valence-corrected chi connectivity index (χ4v) is 5.09. The van der Waals surface area contributed by atoms with E-state index in [9.17, 15) is 9.59 Å². The first-order valence-electron chi connectivity index (χ1n) is 14.8. The van der Waals surface area contributed by atoms with Crippen LogP contribution in [-0.4, -0.2) is 38.3 Å². The molecule has 9 heteroatoms. The van der Waals surface area contributed by atoms with E-state index in [0.29, 0.717) is 28.8 Å². The Hall–Kier alpha value is -2.87. The number of unbranched alkanes of at least 4 members (excludes halogenated alkanes) is 9. The van der Waals surface area contributed by atoms with Crippen molar-refractivity contribution in [2.75, 3.05) is 11.9 Å². The number of nitrogens with one attached hydrogen (secondary N) is 2. The summed E-state index contributed by atoms with van der Waals surface area (Å²) in [5.74, 6) is -0.0642. The van der Waals surface area contributed by atoms with Crippen molar-refractivity contribution in [1.82, 2.24) is 19.8 Å². The standard InChI is InChI=1S/C31H46ClN5O3/c1-6-7-8-9-10-11-12-13-14-15-20-40-26(39)19-18-25(38)33-23-17-16-22(2)24(21-23)29-34-30-27(32)28(31(3,4)5)35-37(30)36-29/h16-17,21,35H,6-15,18-20H2,1-5H3,(H,33,38). The Kier molecular flexibility index (Phi) is 12.0. The maximum atomic E-state index is 12.5. The van der Waals surface area contributed by atoms with Crippen LogP contribution in [0.1, 0.15) is 116 Å². The second-order valence-corrected chi connectivity index (χ2v) is 12.1. The molecule has 0 spiro atoms. The van der Waals surface area contributed by atoms with Crippen LogP contribution in [0.25, 0.3) is 17.0 Å². The van der Waals surface area contributed by atoms with Crippen LogP contribution in [0.4, 0.5) is 5.69 Å². The number of aromatic amines is 1. The van der Waals surface area contributed by atoms with Gasteiger partial charge < -0.3 is 10.1 Å². The third-order valence-corrected chi connectivity index (χ3v) is 7.43. The molecule has 1 aromatic carbocycles. The van der Waals surface area contributed by atoms with E-state index >= 15 is 0 Å². The van der Waals surface area contributed by atoms with E-state index in [1.54, 1.807) is 4.63 Å². The summed E-state index contributed by atoms with van der Waals surface area (Å²) in [6.07, 6.45) is 12.5. The van der Waals surface area contributed by atoms with Gasteiger partial charge in [0, 0.05) is 23.1 Å². The second kappa shape index (κ2) is 15.2. The number of esters is 1. The van der Waals surface area contributed by atoms with Gasteiger partial charge in [0.25, 0.3) is 0 Å². The summed E-state index contributed by atoms with van der Waals surface area (Å²) >= 11 is 6.58. The molecule has 3 aromatic rings. The number of benzene rings is 1. The summed E-state index contributed by atoms with van der Waals surface area (Å²) in [7, 11) is 0. The zero-order chi connectivity index (χ0) is 29.1. The molecular formula is C31H46ClN5O3. The third-order valence-electron chi connectivity index (χ3n) is 7.07. The van der Waals surface area contributed by atoms with Gasteiger partial charge in [-0.25, -0.2) is 4.98 Å². The molecule has 0 radical (unpaired) electrons. The van der Waals surface area contributed by atoms with Gasteiger partial charge in [0.2, 0.25) is 5.91 Å². The zero-order valence-electron chi connectivity index (χ0n) is 24.9. The summed E-state index contributed by atoms with van der Waals surface area (Å²) in [6, 6.07) is 5.57. The molecule has 0 fully saturated rings. The van der Waals surface area contributed by atoms with Gasteiger partial charge in [0.1, 0.15) is 5.02 Å². The van der Waals surface area contributed by atoms with E-state index in [1.807, 2.05) is 25.1 Å². The highest BCUT2D eigenvalue weighted by molar-refractivity contribution is 6.34. The number of ether oxygens (including phenoxy) is 1. The van der Waals surface area contributed by atoms with Crippen LogP contribution in [0, 0.1) is 6.92 Å². The number of rotatable bonds is 16. The summed E-state index contributed by atoms with van der Waals surface area (Å²) in [5, 5.41) is 11.2. The molecule has 3 rings (SSSR count). The van der Waals surface area contributed by atoms with Gasteiger partial charge in [-0.1, -0.05) is 103 Å². The van der Waals surface area contributed by atoms with Crippen LogP contribution in [0.2, 0.25) is 5.02 Å². The lowest BCUT2D eigenvalue weighted by atomic mass is 9.92. The molecule has 0 unspecified atom stereocenters. The summed E-state index contributed by atoms with van der Waals surface area (Å²) in [6.45, 7) is 10.8. The molecule has 1 amide bonds. The zero-order valence-corrected chi connectivity index (χ0v) is 25.6. The van der Waals surface area contributed by atoms with Gasteiger partial charge in [-0.05, 0) is 31.0 Å². The summed E-state index contributed by atoms with van der Waals surface area (Å²) in [4.78, 5) is 29.2. The highest BCUT2D eigenvalue weighted by Gasteiger charge is 2.24. The van der Waals surface area contributed by atoms with Crippen molar-refractivity contribution in [3.05, 3.63) is 34.5 Å². The third kappa shape index (κ3) is 9.36. The molecule has 220 valence electrons. The van der Waals surface area contributed by atoms with E-state index < -0.39 is 0 Å². The number of fused-ring (bicyclic) bond motifs is 1. The van der Waals surface area contributed by atoms with Crippen molar-refractivity contribution in [3.63, 3.8) is 0 Å². The monoisotopic (exact) mass is 571 g/mol. The SMILES string of the molecule is CCCCCCCCCCCCOC(=O)CCC(=O)Nc1ccc(C)c(-c2nc3c(Cl)c(C(C)(C)C)[nH]n3n2)c1. The molecule has 2 aromatic heterocycles. The number of nitrogens with zero attached hydrogens (tertiary/aromatic N) is 3. The first-order chi connectivity index (χ1) is 19.1. The van der Waals surface area contributed by atoms with Crippen molar-refractivity contribution in [3.8, 4) is 11.4 Å².